The number of nitrogens with one attached hydrogen (secondary N) is 3. The minimum atomic E-state index is -3.73. The van der Waals surface area contributed by atoms with Gasteiger partial charge in [0.1, 0.15) is 17.4 Å². The van der Waals surface area contributed by atoms with Gasteiger partial charge in [-0.25, -0.2) is 13.2 Å². The minimum absolute atomic E-state index is 0.0446. The van der Waals surface area contributed by atoms with Crippen LogP contribution in [0.5, 0.6) is 0 Å². The van der Waals surface area contributed by atoms with Gasteiger partial charge in [0.25, 0.3) is 21.8 Å². The number of hydrazine groups is 1. The maximum atomic E-state index is 12.9. The summed E-state index contributed by atoms with van der Waals surface area (Å²) in [7, 11) is -3.73. The van der Waals surface area contributed by atoms with E-state index in [0.29, 0.717) is 29.3 Å². The van der Waals surface area contributed by atoms with Crippen molar-refractivity contribution in [2.45, 2.75) is 56.0 Å². The van der Waals surface area contributed by atoms with Crippen LogP contribution < -0.4 is 15.5 Å². The number of carbonyl (C=O) groups is 3. The number of fused-ring (bicyclic) bond motifs is 1. The molecular weight excluding hydrogens is 410 g/mol. The average Bonchev–Trinajstić information content (AvgIpc) is 3.09. The summed E-state index contributed by atoms with van der Waals surface area (Å²) >= 11 is 0. The third-order valence-electron chi connectivity index (χ3n) is 5.88. The number of nitrogens with zero attached hydrogens (tertiary/aromatic N) is 2. The van der Waals surface area contributed by atoms with E-state index in [1.165, 1.54) is 13.0 Å². The summed E-state index contributed by atoms with van der Waals surface area (Å²) in [5.41, 5.74) is 1.73. The molecule has 4 rings (SSSR count). The van der Waals surface area contributed by atoms with Crippen molar-refractivity contribution in [1.29, 1.82) is 0 Å². The molecule has 2 fully saturated rings. The van der Waals surface area contributed by atoms with Gasteiger partial charge < -0.3 is 5.32 Å². The molecule has 3 aliphatic rings. The lowest BCUT2D eigenvalue weighted by Gasteiger charge is -2.33. The second-order valence-corrected chi connectivity index (χ2v) is 9.72. The molecule has 0 radical (unpaired) electrons. The highest BCUT2D eigenvalue weighted by molar-refractivity contribution is 7.90. The van der Waals surface area contributed by atoms with Crippen LogP contribution in [0.1, 0.15) is 45.1 Å². The van der Waals surface area contributed by atoms with Crippen LogP contribution in [0.3, 0.4) is 0 Å². The number of amidine groups is 1. The van der Waals surface area contributed by atoms with Crippen molar-refractivity contribution >= 4 is 33.7 Å². The first-order valence-corrected chi connectivity index (χ1v) is 11.3. The van der Waals surface area contributed by atoms with Gasteiger partial charge in [0, 0.05) is 5.56 Å². The molecule has 2 aliphatic heterocycles. The smallest absolute Gasteiger partial charge is 0.322 e. The van der Waals surface area contributed by atoms with Gasteiger partial charge in [-0.1, -0.05) is 19.1 Å². The van der Waals surface area contributed by atoms with Gasteiger partial charge in [-0.15, -0.1) is 0 Å². The first kappa shape index (κ1) is 20.3. The van der Waals surface area contributed by atoms with E-state index in [4.69, 9.17) is 0 Å². The highest BCUT2D eigenvalue weighted by Crippen LogP contribution is 2.35. The number of benzene rings is 1. The van der Waals surface area contributed by atoms with Gasteiger partial charge in [-0.3, -0.25) is 24.7 Å². The van der Waals surface area contributed by atoms with Gasteiger partial charge >= 0.3 is 6.03 Å². The van der Waals surface area contributed by atoms with Crippen molar-refractivity contribution < 1.29 is 22.8 Å². The lowest BCUT2D eigenvalue weighted by Crippen LogP contribution is -2.52. The Bertz CT molecular complexity index is 1060. The number of rotatable bonds is 3. The Morgan fingerprint density at radius 3 is 2.63 bits per heavy atom. The van der Waals surface area contributed by atoms with Gasteiger partial charge in [-0.05, 0) is 50.7 Å². The lowest BCUT2D eigenvalue weighted by molar-refractivity contribution is -0.140. The number of imide groups is 1. The van der Waals surface area contributed by atoms with Crippen molar-refractivity contribution in [2.24, 2.45) is 10.9 Å². The molecule has 1 aliphatic carbocycles. The van der Waals surface area contributed by atoms with E-state index in [1.807, 2.05) is 0 Å². The molecule has 1 spiro atoms. The Balaban J connectivity index is 1.49. The summed E-state index contributed by atoms with van der Waals surface area (Å²) in [6, 6.07) is 4.58. The maximum Gasteiger partial charge on any atom is 0.344 e. The van der Waals surface area contributed by atoms with E-state index < -0.39 is 39.4 Å². The first-order chi connectivity index (χ1) is 14.1. The molecular formula is C19H23N5O5S. The fraction of sp³-hybridized carbons (Fsp3) is 0.474. The molecule has 11 heteroatoms. The monoisotopic (exact) mass is 433 g/mol. The van der Waals surface area contributed by atoms with Gasteiger partial charge in [-0.2, -0.15) is 5.01 Å². The minimum Gasteiger partial charge on any atom is -0.322 e. The molecule has 1 saturated carbocycles. The van der Waals surface area contributed by atoms with Crippen LogP contribution in [0.4, 0.5) is 4.79 Å². The van der Waals surface area contributed by atoms with Crippen molar-refractivity contribution in [3.63, 3.8) is 0 Å². The number of sulfonamides is 1. The molecule has 10 nitrogen and oxygen atoms in total. The van der Waals surface area contributed by atoms with Crippen molar-refractivity contribution in [2.75, 3.05) is 0 Å². The van der Waals surface area contributed by atoms with Crippen molar-refractivity contribution in [3.05, 3.63) is 29.8 Å². The fourth-order valence-electron chi connectivity index (χ4n) is 4.00. The van der Waals surface area contributed by atoms with E-state index in [1.54, 1.807) is 18.2 Å². The number of carbonyl (C=O) groups excluding carboxylic acids is 3. The topological polar surface area (TPSA) is 137 Å². The summed E-state index contributed by atoms with van der Waals surface area (Å²) in [5.74, 6) is -0.642. The fourth-order valence-corrected chi connectivity index (χ4v) is 5.24. The average molecular weight is 433 g/mol. The third kappa shape index (κ3) is 3.32. The summed E-state index contributed by atoms with van der Waals surface area (Å²) in [4.78, 5) is 42.0. The summed E-state index contributed by atoms with van der Waals surface area (Å²) in [5, 5.41) is 3.44. The Hall–Kier alpha value is -2.95. The molecule has 160 valence electrons. The number of aliphatic imine (C=N–C) groups is 1. The second-order valence-electron chi connectivity index (χ2n) is 8.07. The molecule has 0 bridgehead atoms. The molecule has 30 heavy (non-hydrogen) atoms. The molecule has 2 heterocycles. The summed E-state index contributed by atoms with van der Waals surface area (Å²) in [6.07, 6.45) is 2.69. The highest BCUT2D eigenvalue weighted by Gasteiger charge is 2.53. The Morgan fingerprint density at radius 2 is 1.93 bits per heavy atom. The molecule has 1 atom stereocenters. The molecule has 3 N–H and O–H groups in total. The highest BCUT2D eigenvalue weighted by atomic mass is 32.2. The van der Waals surface area contributed by atoms with Crippen LogP contribution in [-0.4, -0.2) is 48.7 Å². The predicted molar refractivity (Wildman–Crippen MR) is 107 cm³/mol. The number of hydrogen-bond donors (Lipinski definition) is 3. The third-order valence-corrected chi connectivity index (χ3v) is 7.27. The Morgan fingerprint density at radius 1 is 1.27 bits per heavy atom. The predicted octanol–water partition coefficient (Wildman–Crippen LogP) is 0.646. The normalized spacial score (nSPS) is 29.5. The van der Waals surface area contributed by atoms with Crippen LogP contribution in [0.15, 0.2) is 34.2 Å². The molecule has 0 aromatic heterocycles. The Kier molecular flexibility index (Phi) is 4.80. The number of amides is 4. The van der Waals surface area contributed by atoms with E-state index in [2.05, 4.69) is 27.4 Å². The van der Waals surface area contributed by atoms with Gasteiger partial charge in [0.05, 0.1) is 4.90 Å². The Labute approximate surface area is 174 Å². The zero-order chi connectivity index (χ0) is 21.7. The quantitative estimate of drug-likeness (QED) is 0.601. The van der Waals surface area contributed by atoms with E-state index in [9.17, 15) is 22.8 Å². The zero-order valence-electron chi connectivity index (χ0n) is 16.6. The standard InChI is InChI=1S/C19H23N5O5S/c1-11-7-9-19(10-8-11)17(26)24(18(27)21-19)22-16(25)12(2)20-15-13-5-3-4-6-14(13)30(28,29)23-15/h3-6,11-12H,7-10H2,1-2H3,(H,20,23)(H,21,27)(H,22,25)/t11?,12-,19?/m0/s1. The summed E-state index contributed by atoms with van der Waals surface area (Å²) in [6.45, 7) is 3.55. The number of hydrogen-bond acceptors (Lipinski definition) is 6. The molecule has 1 aromatic carbocycles. The lowest BCUT2D eigenvalue weighted by atomic mass is 9.77. The molecule has 0 unspecified atom stereocenters. The van der Waals surface area contributed by atoms with Crippen molar-refractivity contribution in [1.82, 2.24) is 20.5 Å². The van der Waals surface area contributed by atoms with Gasteiger partial charge in [0.15, 0.2) is 0 Å². The van der Waals surface area contributed by atoms with Crippen LogP contribution >= 0.6 is 0 Å². The largest absolute Gasteiger partial charge is 0.344 e. The maximum absolute atomic E-state index is 12.9. The van der Waals surface area contributed by atoms with Crippen LogP contribution in [0, 0.1) is 5.92 Å². The SMILES string of the molecule is CC1CCC2(CC1)NC(=O)N(NC(=O)[C@H](C)N=C1NS(=O)(=O)c3ccccc31)C2=O. The molecule has 1 saturated heterocycles. The van der Waals surface area contributed by atoms with Gasteiger partial charge in [0.2, 0.25) is 0 Å². The van der Waals surface area contributed by atoms with Crippen LogP contribution in [0.25, 0.3) is 0 Å². The first-order valence-electron chi connectivity index (χ1n) is 9.80. The van der Waals surface area contributed by atoms with Crippen LogP contribution in [0.2, 0.25) is 0 Å². The van der Waals surface area contributed by atoms with Crippen LogP contribution in [-0.2, 0) is 19.6 Å². The van der Waals surface area contributed by atoms with E-state index in [0.717, 1.165) is 12.8 Å². The second kappa shape index (κ2) is 7.08. The molecule has 4 amide bonds. The van der Waals surface area contributed by atoms with E-state index in [-0.39, 0.29) is 10.7 Å². The number of urea groups is 1. The van der Waals surface area contributed by atoms with Crippen molar-refractivity contribution in [3.8, 4) is 0 Å². The summed E-state index contributed by atoms with van der Waals surface area (Å²) < 4.78 is 26.7. The zero-order valence-corrected chi connectivity index (χ0v) is 17.5. The molecule has 1 aromatic rings. The van der Waals surface area contributed by atoms with E-state index >= 15 is 0 Å².